The molecule has 1 aliphatic heterocycles. The third kappa shape index (κ3) is 3.94. The Kier molecular flexibility index (Phi) is 5.08. The molecule has 2 heterocycles. The standard InChI is InChI=1S/C19H17F3N2O2/c20-19(21,22)17-5-1-4-14-15(17)11-24(12-16(14)18(25)26)10-2-3-13-6-8-23-9-7-13/h1-9,16H,10-12H2,(H,25,26)/b3-2+. The van der Waals surface area contributed by atoms with Crippen LogP contribution in [0.2, 0.25) is 0 Å². The number of hydrogen-bond acceptors (Lipinski definition) is 3. The van der Waals surface area contributed by atoms with Crippen LogP contribution in [-0.2, 0) is 17.5 Å². The minimum absolute atomic E-state index is 0.0518. The highest BCUT2D eigenvalue weighted by Gasteiger charge is 2.39. The van der Waals surface area contributed by atoms with Gasteiger partial charge in [0.15, 0.2) is 0 Å². The molecule has 0 bridgehead atoms. The van der Waals surface area contributed by atoms with Crippen LogP contribution in [0.3, 0.4) is 0 Å². The van der Waals surface area contributed by atoms with E-state index in [2.05, 4.69) is 4.98 Å². The largest absolute Gasteiger partial charge is 0.481 e. The molecule has 136 valence electrons. The van der Waals surface area contributed by atoms with Crippen molar-refractivity contribution in [3.63, 3.8) is 0 Å². The van der Waals surface area contributed by atoms with Gasteiger partial charge in [0, 0.05) is 32.0 Å². The lowest BCUT2D eigenvalue weighted by molar-refractivity contribution is -0.142. The van der Waals surface area contributed by atoms with Crippen LogP contribution in [0.5, 0.6) is 0 Å². The van der Waals surface area contributed by atoms with Crippen LogP contribution in [0.15, 0.2) is 48.8 Å². The number of rotatable bonds is 4. The van der Waals surface area contributed by atoms with Gasteiger partial charge in [-0.1, -0.05) is 24.3 Å². The zero-order valence-corrected chi connectivity index (χ0v) is 13.8. The predicted octanol–water partition coefficient (Wildman–Crippen LogP) is 3.80. The number of halogens is 3. The Labute approximate surface area is 148 Å². The molecule has 1 atom stereocenters. The summed E-state index contributed by atoms with van der Waals surface area (Å²) in [6.45, 7) is 0.595. The van der Waals surface area contributed by atoms with Crippen molar-refractivity contribution in [2.75, 3.05) is 13.1 Å². The van der Waals surface area contributed by atoms with Gasteiger partial charge in [0.1, 0.15) is 0 Å². The van der Waals surface area contributed by atoms with E-state index < -0.39 is 23.6 Å². The molecule has 0 saturated heterocycles. The summed E-state index contributed by atoms with van der Waals surface area (Å²) in [5, 5.41) is 9.47. The number of fused-ring (bicyclic) bond motifs is 1. The number of carboxylic acids is 1. The van der Waals surface area contributed by atoms with Gasteiger partial charge in [-0.15, -0.1) is 0 Å². The average Bonchev–Trinajstić information content (AvgIpc) is 2.60. The van der Waals surface area contributed by atoms with Crippen molar-refractivity contribution in [1.29, 1.82) is 0 Å². The van der Waals surface area contributed by atoms with Crippen LogP contribution < -0.4 is 0 Å². The van der Waals surface area contributed by atoms with E-state index in [1.165, 1.54) is 12.1 Å². The number of benzene rings is 1. The first-order chi connectivity index (χ1) is 12.4. The van der Waals surface area contributed by atoms with Gasteiger partial charge < -0.3 is 5.11 Å². The van der Waals surface area contributed by atoms with Gasteiger partial charge in [-0.3, -0.25) is 14.7 Å². The topological polar surface area (TPSA) is 53.4 Å². The quantitative estimate of drug-likeness (QED) is 0.899. The van der Waals surface area contributed by atoms with E-state index in [9.17, 15) is 23.1 Å². The number of hydrogen-bond donors (Lipinski definition) is 1. The Bertz CT molecular complexity index is 819. The number of carboxylic acid groups (broad SMARTS) is 1. The van der Waals surface area contributed by atoms with E-state index >= 15 is 0 Å². The maximum absolute atomic E-state index is 13.3. The Hall–Kier alpha value is -2.67. The first-order valence-corrected chi connectivity index (χ1v) is 8.07. The van der Waals surface area contributed by atoms with Crippen molar-refractivity contribution in [2.45, 2.75) is 18.6 Å². The van der Waals surface area contributed by atoms with Crippen molar-refractivity contribution in [3.8, 4) is 0 Å². The molecule has 1 N–H and O–H groups in total. The number of carbonyl (C=O) groups is 1. The first-order valence-electron chi connectivity index (χ1n) is 8.07. The van der Waals surface area contributed by atoms with E-state index in [0.717, 1.165) is 11.6 Å². The SMILES string of the molecule is O=C(O)C1CN(C/C=C/c2ccncc2)Cc2c1cccc2C(F)(F)F. The molecule has 2 aromatic rings. The molecular weight excluding hydrogens is 345 g/mol. The average molecular weight is 362 g/mol. The van der Waals surface area contributed by atoms with Gasteiger partial charge in [0.2, 0.25) is 0 Å². The summed E-state index contributed by atoms with van der Waals surface area (Å²) in [7, 11) is 0. The summed E-state index contributed by atoms with van der Waals surface area (Å²) in [5.41, 5.74) is 0.463. The van der Waals surface area contributed by atoms with Crippen molar-refractivity contribution < 1.29 is 23.1 Å². The summed E-state index contributed by atoms with van der Waals surface area (Å²) >= 11 is 0. The fraction of sp³-hybridized carbons (Fsp3) is 0.263. The minimum atomic E-state index is -4.51. The fourth-order valence-electron chi connectivity index (χ4n) is 3.18. The van der Waals surface area contributed by atoms with Crippen molar-refractivity contribution >= 4 is 12.0 Å². The molecule has 0 radical (unpaired) electrons. The van der Waals surface area contributed by atoms with Gasteiger partial charge in [-0.05, 0) is 34.9 Å². The van der Waals surface area contributed by atoms with E-state index in [0.29, 0.717) is 6.54 Å². The molecule has 1 aliphatic rings. The van der Waals surface area contributed by atoms with Crippen LogP contribution in [-0.4, -0.2) is 34.0 Å². The molecule has 0 fully saturated rings. The summed E-state index contributed by atoms with van der Waals surface area (Å²) in [6.07, 6.45) is 2.43. The lowest BCUT2D eigenvalue weighted by Gasteiger charge is -2.33. The Morgan fingerprint density at radius 3 is 2.65 bits per heavy atom. The van der Waals surface area contributed by atoms with Crippen molar-refractivity contribution in [1.82, 2.24) is 9.88 Å². The highest BCUT2D eigenvalue weighted by atomic mass is 19.4. The molecule has 1 aromatic heterocycles. The fourth-order valence-corrected chi connectivity index (χ4v) is 3.18. The zero-order chi connectivity index (χ0) is 18.7. The summed E-state index contributed by atoms with van der Waals surface area (Å²) in [6, 6.07) is 7.38. The molecule has 0 saturated carbocycles. The molecule has 0 aliphatic carbocycles. The van der Waals surface area contributed by atoms with Crippen LogP contribution in [0.4, 0.5) is 13.2 Å². The maximum atomic E-state index is 13.3. The van der Waals surface area contributed by atoms with Crippen molar-refractivity contribution in [2.24, 2.45) is 0 Å². The van der Waals surface area contributed by atoms with Crippen LogP contribution >= 0.6 is 0 Å². The van der Waals surface area contributed by atoms with Gasteiger partial charge in [-0.2, -0.15) is 13.2 Å². The number of nitrogens with zero attached hydrogens (tertiary/aromatic N) is 2. The second-order valence-corrected chi connectivity index (χ2v) is 6.14. The second-order valence-electron chi connectivity index (χ2n) is 6.14. The smallest absolute Gasteiger partial charge is 0.416 e. The van der Waals surface area contributed by atoms with Gasteiger partial charge in [0.05, 0.1) is 11.5 Å². The molecule has 1 aromatic carbocycles. The normalized spacial score (nSPS) is 18.0. The number of alkyl halides is 3. The molecule has 0 spiro atoms. The highest BCUT2D eigenvalue weighted by molar-refractivity contribution is 5.77. The van der Waals surface area contributed by atoms with E-state index in [1.807, 2.05) is 24.3 Å². The molecule has 26 heavy (non-hydrogen) atoms. The van der Waals surface area contributed by atoms with E-state index in [1.54, 1.807) is 17.3 Å². The molecule has 0 amide bonds. The van der Waals surface area contributed by atoms with Gasteiger partial charge in [0.25, 0.3) is 0 Å². The van der Waals surface area contributed by atoms with E-state index in [-0.39, 0.29) is 24.2 Å². The minimum Gasteiger partial charge on any atom is -0.481 e. The number of aromatic nitrogens is 1. The predicted molar refractivity (Wildman–Crippen MR) is 90.4 cm³/mol. The molecule has 7 heteroatoms. The van der Waals surface area contributed by atoms with Crippen LogP contribution in [0.25, 0.3) is 6.08 Å². The summed E-state index contributed by atoms with van der Waals surface area (Å²) in [5.74, 6) is -2.09. The number of pyridine rings is 1. The molecule has 1 unspecified atom stereocenters. The molecule has 3 rings (SSSR count). The lowest BCUT2D eigenvalue weighted by Crippen LogP contribution is -2.38. The first kappa shape index (κ1) is 18.1. The Morgan fingerprint density at radius 1 is 1.27 bits per heavy atom. The van der Waals surface area contributed by atoms with E-state index in [4.69, 9.17) is 0 Å². The zero-order valence-electron chi connectivity index (χ0n) is 13.8. The summed E-state index contributed by atoms with van der Waals surface area (Å²) in [4.78, 5) is 17.2. The van der Waals surface area contributed by atoms with Crippen molar-refractivity contribution in [3.05, 3.63) is 71.1 Å². The highest BCUT2D eigenvalue weighted by Crippen LogP contribution is 2.38. The lowest BCUT2D eigenvalue weighted by atomic mass is 9.86. The third-order valence-electron chi connectivity index (χ3n) is 4.39. The Balaban J connectivity index is 1.86. The third-order valence-corrected chi connectivity index (χ3v) is 4.39. The van der Waals surface area contributed by atoms with Gasteiger partial charge in [-0.25, -0.2) is 0 Å². The van der Waals surface area contributed by atoms with Crippen LogP contribution in [0, 0.1) is 0 Å². The second kappa shape index (κ2) is 7.29. The Morgan fingerprint density at radius 2 is 2.00 bits per heavy atom. The van der Waals surface area contributed by atoms with Gasteiger partial charge >= 0.3 is 12.1 Å². The summed E-state index contributed by atoms with van der Waals surface area (Å²) < 4.78 is 40.0. The van der Waals surface area contributed by atoms with Crippen LogP contribution in [0.1, 0.15) is 28.2 Å². The monoisotopic (exact) mass is 362 g/mol. The maximum Gasteiger partial charge on any atom is 0.416 e. The molecule has 4 nitrogen and oxygen atoms in total. The number of aliphatic carboxylic acids is 1. The molecular formula is C19H17F3N2O2.